The average Bonchev–Trinajstić information content (AvgIpc) is 2.15. The quantitative estimate of drug-likeness (QED) is 0.678. The van der Waals surface area contributed by atoms with Gasteiger partial charge in [-0.2, -0.15) is 0 Å². The summed E-state index contributed by atoms with van der Waals surface area (Å²) in [7, 11) is 0. The summed E-state index contributed by atoms with van der Waals surface area (Å²) in [5, 5.41) is 9.10. The minimum Gasteiger partial charge on any atom is -0.465 e. The molecular formula is C11H19NO3. The van der Waals surface area contributed by atoms with E-state index in [0.717, 1.165) is 19.1 Å². The molecule has 0 aliphatic carbocycles. The van der Waals surface area contributed by atoms with Crippen molar-refractivity contribution in [1.82, 2.24) is 4.90 Å². The van der Waals surface area contributed by atoms with Crippen LogP contribution in [0.2, 0.25) is 0 Å². The third kappa shape index (κ3) is 2.49. The van der Waals surface area contributed by atoms with Crippen LogP contribution in [0.15, 0.2) is 0 Å². The molecule has 1 unspecified atom stereocenters. The van der Waals surface area contributed by atoms with Crippen LogP contribution in [0.25, 0.3) is 0 Å². The highest BCUT2D eigenvalue weighted by Crippen LogP contribution is 2.35. The molecule has 1 aliphatic rings. The number of piperidine rings is 1. The maximum absolute atomic E-state index is 11.1. The van der Waals surface area contributed by atoms with Crippen LogP contribution in [-0.4, -0.2) is 35.0 Å². The van der Waals surface area contributed by atoms with Crippen molar-refractivity contribution in [2.75, 3.05) is 6.54 Å². The Kier molecular flexibility index (Phi) is 3.37. The summed E-state index contributed by atoms with van der Waals surface area (Å²) in [6.07, 6.45) is 1.57. The summed E-state index contributed by atoms with van der Waals surface area (Å²) in [6, 6.07) is -0.193. The molecule has 0 aromatic heterocycles. The molecule has 1 heterocycles. The topological polar surface area (TPSA) is 57.6 Å². The maximum Gasteiger partial charge on any atom is 0.407 e. The third-order valence-corrected chi connectivity index (χ3v) is 2.99. The van der Waals surface area contributed by atoms with Gasteiger partial charge < -0.3 is 14.8 Å². The van der Waals surface area contributed by atoms with Crippen LogP contribution in [0.3, 0.4) is 0 Å². The van der Waals surface area contributed by atoms with Gasteiger partial charge in [-0.1, -0.05) is 20.8 Å². The van der Waals surface area contributed by atoms with Gasteiger partial charge in [0.1, 0.15) is 6.29 Å². The largest absolute Gasteiger partial charge is 0.465 e. The van der Waals surface area contributed by atoms with E-state index in [2.05, 4.69) is 0 Å². The van der Waals surface area contributed by atoms with Crippen LogP contribution >= 0.6 is 0 Å². The zero-order chi connectivity index (χ0) is 11.6. The van der Waals surface area contributed by atoms with Crippen molar-refractivity contribution in [3.8, 4) is 0 Å². The summed E-state index contributed by atoms with van der Waals surface area (Å²) in [5.74, 6) is -0.158. The molecule has 0 bridgehead atoms. The van der Waals surface area contributed by atoms with Gasteiger partial charge in [0.2, 0.25) is 0 Å². The summed E-state index contributed by atoms with van der Waals surface area (Å²) in [4.78, 5) is 23.5. The van der Waals surface area contributed by atoms with Gasteiger partial charge in [0.15, 0.2) is 0 Å². The second-order valence-corrected chi connectivity index (χ2v) is 5.23. The number of aldehydes is 1. The van der Waals surface area contributed by atoms with Crippen molar-refractivity contribution in [2.24, 2.45) is 11.3 Å². The Bertz CT molecular complexity index is 257. The van der Waals surface area contributed by atoms with Crippen LogP contribution in [0.4, 0.5) is 4.79 Å². The van der Waals surface area contributed by atoms with Crippen molar-refractivity contribution in [2.45, 2.75) is 39.7 Å². The van der Waals surface area contributed by atoms with Crippen molar-refractivity contribution in [3.05, 3.63) is 0 Å². The number of nitrogens with zero attached hydrogens (tertiary/aromatic N) is 1. The SMILES string of the molecule is CC(C)(C)[C@@H]1C(C=O)CCCN1C(=O)O. The van der Waals surface area contributed by atoms with E-state index >= 15 is 0 Å². The minimum absolute atomic E-state index is 0.158. The molecule has 4 nitrogen and oxygen atoms in total. The molecule has 1 rings (SSSR count). The monoisotopic (exact) mass is 213 g/mol. The highest BCUT2D eigenvalue weighted by Gasteiger charge is 2.41. The first kappa shape index (κ1) is 12.0. The summed E-state index contributed by atoms with van der Waals surface area (Å²) in [5.41, 5.74) is -0.190. The first-order valence-corrected chi connectivity index (χ1v) is 5.33. The molecule has 4 heteroatoms. The smallest absolute Gasteiger partial charge is 0.407 e. The lowest BCUT2D eigenvalue weighted by atomic mass is 9.75. The number of hydrogen-bond donors (Lipinski definition) is 1. The first-order chi connectivity index (χ1) is 6.88. The Labute approximate surface area is 90.3 Å². The Hall–Kier alpha value is -1.06. The van der Waals surface area contributed by atoms with Crippen LogP contribution in [0, 0.1) is 11.3 Å². The molecule has 0 aromatic carbocycles. The predicted octanol–water partition coefficient (Wildman–Crippen LogP) is 1.99. The van der Waals surface area contributed by atoms with E-state index in [1.165, 1.54) is 4.90 Å². The van der Waals surface area contributed by atoms with Gasteiger partial charge in [0.25, 0.3) is 0 Å². The number of rotatable bonds is 1. The molecule has 1 amide bonds. The predicted molar refractivity (Wildman–Crippen MR) is 56.8 cm³/mol. The Morgan fingerprint density at radius 2 is 2.07 bits per heavy atom. The fourth-order valence-electron chi connectivity index (χ4n) is 2.49. The van der Waals surface area contributed by atoms with Gasteiger partial charge in [-0.15, -0.1) is 0 Å². The third-order valence-electron chi connectivity index (χ3n) is 2.99. The molecule has 15 heavy (non-hydrogen) atoms. The zero-order valence-electron chi connectivity index (χ0n) is 9.56. The molecule has 0 saturated carbocycles. The standard InChI is InChI=1S/C11H19NO3/c1-11(2,3)9-8(7-13)5-4-6-12(9)10(14)15/h7-9H,4-6H2,1-3H3,(H,14,15)/t8?,9-/m0/s1. The van der Waals surface area contributed by atoms with E-state index in [0.29, 0.717) is 6.54 Å². The molecule has 2 atom stereocenters. The molecule has 0 aromatic rings. The highest BCUT2D eigenvalue weighted by molar-refractivity contribution is 5.67. The Balaban J connectivity index is 2.96. The van der Waals surface area contributed by atoms with E-state index in [1.54, 1.807) is 0 Å². The fraction of sp³-hybridized carbons (Fsp3) is 0.818. The molecule has 1 saturated heterocycles. The van der Waals surface area contributed by atoms with Gasteiger partial charge in [0, 0.05) is 18.5 Å². The van der Waals surface area contributed by atoms with E-state index < -0.39 is 6.09 Å². The van der Waals surface area contributed by atoms with E-state index in [4.69, 9.17) is 5.11 Å². The molecule has 1 fully saturated rings. The summed E-state index contributed by atoms with van der Waals surface area (Å²) < 4.78 is 0. The number of carbonyl (C=O) groups is 2. The van der Waals surface area contributed by atoms with Crippen LogP contribution < -0.4 is 0 Å². The number of carbonyl (C=O) groups excluding carboxylic acids is 1. The van der Waals surface area contributed by atoms with E-state index in [1.807, 2.05) is 20.8 Å². The van der Waals surface area contributed by atoms with Crippen LogP contribution in [0.5, 0.6) is 0 Å². The van der Waals surface area contributed by atoms with Gasteiger partial charge in [0.05, 0.1) is 0 Å². The van der Waals surface area contributed by atoms with E-state index in [9.17, 15) is 9.59 Å². The molecule has 86 valence electrons. The number of carboxylic acid groups (broad SMARTS) is 1. The normalized spacial score (nSPS) is 27.5. The molecular weight excluding hydrogens is 194 g/mol. The fourth-order valence-corrected chi connectivity index (χ4v) is 2.49. The first-order valence-electron chi connectivity index (χ1n) is 5.33. The van der Waals surface area contributed by atoms with Crippen LogP contribution in [-0.2, 0) is 4.79 Å². The lowest BCUT2D eigenvalue weighted by molar-refractivity contribution is -0.116. The summed E-state index contributed by atoms with van der Waals surface area (Å²) >= 11 is 0. The van der Waals surface area contributed by atoms with Crippen molar-refractivity contribution < 1.29 is 14.7 Å². The lowest BCUT2D eigenvalue weighted by Crippen LogP contribution is -2.54. The van der Waals surface area contributed by atoms with Crippen LogP contribution in [0.1, 0.15) is 33.6 Å². The molecule has 0 radical (unpaired) electrons. The van der Waals surface area contributed by atoms with Gasteiger partial charge in [-0.3, -0.25) is 0 Å². The maximum atomic E-state index is 11.1. The number of amides is 1. The van der Waals surface area contributed by atoms with Crippen molar-refractivity contribution >= 4 is 12.4 Å². The molecule has 1 aliphatic heterocycles. The van der Waals surface area contributed by atoms with Gasteiger partial charge in [-0.05, 0) is 18.3 Å². The lowest BCUT2D eigenvalue weighted by Gasteiger charge is -2.44. The van der Waals surface area contributed by atoms with Gasteiger partial charge in [-0.25, -0.2) is 4.79 Å². The van der Waals surface area contributed by atoms with Crippen molar-refractivity contribution in [1.29, 1.82) is 0 Å². The zero-order valence-corrected chi connectivity index (χ0v) is 9.56. The van der Waals surface area contributed by atoms with E-state index in [-0.39, 0.29) is 17.4 Å². The van der Waals surface area contributed by atoms with Crippen molar-refractivity contribution in [3.63, 3.8) is 0 Å². The Morgan fingerprint density at radius 3 is 2.47 bits per heavy atom. The summed E-state index contributed by atoms with van der Waals surface area (Å²) in [6.45, 7) is 6.49. The average molecular weight is 213 g/mol. The number of hydrogen-bond acceptors (Lipinski definition) is 2. The Morgan fingerprint density at radius 1 is 1.47 bits per heavy atom. The van der Waals surface area contributed by atoms with Gasteiger partial charge >= 0.3 is 6.09 Å². The second-order valence-electron chi connectivity index (χ2n) is 5.23. The molecule has 0 spiro atoms. The second kappa shape index (κ2) is 4.21. The molecule has 1 N–H and O–H groups in total. The highest BCUT2D eigenvalue weighted by atomic mass is 16.4. The minimum atomic E-state index is -0.915. The number of likely N-dealkylation sites (tertiary alicyclic amines) is 1.